The second-order valence-corrected chi connectivity index (χ2v) is 6.67. The molecule has 6 heteroatoms. The molecule has 1 aromatic carbocycles. The smallest absolute Gasteiger partial charge is 0.232 e. The molecule has 0 aromatic heterocycles. The van der Waals surface area contributed by atoms with E-state index in [9.17, 15) is 19.5 Å². The van der Waals surface area contributed by atoms with Crippen LogP contribution < -0.4 is 4.74 Å². The number of hydrogen-bond acceptors (Lipinski definition) is 5. The summed E-state index contributed by atoms with van der Waals surface area (Å²) in [6.45, 7) is 6.78. The zero-order valence-corrected chi connectivity index (χ0v) is 14.4. The SMILES string of the molecule is CC1C(=O)N(CCOc2ccc(C(=O)C(C)(C)O)cc2)C(=O)C1C. The maximum atomic E-state index is 12.0. The Hall–Kier alpha value is -2.21. The summed E-state index contributed by atoms with van der Waals surface area (Å²) in [6.07, 6.45) is 0. The van der Waals surface area contributed by atoms with Crippen LogP contribution in [0.1, 0.15) is 38.1 Å². The number of ketones is 1. The van der Waals surface area contributed by atoms with Crippen LogP contribution in [0.5, 0.6) is 5.75 Å². The number of aliphatic hydroxyl groups is 1. The van der Waals surface area contributed by atoms with E-state index in [1.165, 1.54) is 18.7 Å². The van der Waals surface area contributed by atoms with Gasteiger partial charge in [0.1, 0.15) is 18.0 Å². The van der Waals surface area contributed by atoms with Crippen molar-refractivity contribution in [1.29, 1.82) is 0 Å². The molecule has 1 aromatic rings. The van der Waals surface area contributed by atoms with Gasteiger partial charge in [0.2, 0.25) is 11.8 Å². The number of Topliss-reactive ketones (excluding diaryl/α,β-unsaturated/α-hetero) is 1. The molecule has 1 saturated heterocycles. The van der Waals surface area contributed by atoms with E-state index in [0.717, 1.165) is 0 Å². The monoisotopic (exact) mass is 333 g/mol. The summed E-state index contributed by atoms with van der Waals surface area (Å²) < 4.78 is 5.54. The van der Waals surface area contributed by atoms with Crippen LogP contribution in [0.2, 0.25) is 0 Å². The average Bonchev–Trinajstić information content (AvgIpc) is 2.71. The summed E-state index contributed by atoms with van der Waals surface area (Å²) in [5, 5.41) is 9.71. The molecule has 6 nitrogen and oxygen atoms in total. The number of carbonyl (C=O) groups is 3. The number of carbonyl (C=O) groups excluding carboxylic acids is 3. The van der Waals surface area contributed by atoms with Gasteiger partial charge in [0.05, 0.1) is 6.54 Å². The second kappa shape index (κ2) is 6.73. The van der Waals surface area contributed by atoms with E-state index < -0.39 is 5.60 Å². The highest BCUT2D eigenvalue weighted by atomic mass is 16.5. The normalized spacial score (nSPS) is 21.3. The summed E-state index contributed by atoms with van der Waals surface area (Å²) in [5.74, 6) is -0.744. The van der Waals surface area contributed by atoms with Crippen LogP contribution in [0.15, 0.2) is 24.3 Å². The molecule has 2 amide bonds. The van der Waals surface area contributed by atoms with Crippen LogP contribution in [0.25, 0.3) is 0 Å². The van der Waals surface area contributed by atoms with E-state index in [2.05, 4.69) is 0 Å². The zero-order valence-electron chi connectivity index (χ0n) is 14.4. The third kappa shape index (κ3) is 3.64. The van der Waals surface area contributed by atoms with E-state index in [-0.39, 0.29) is 42.6 Å². The van der Waals surface area contributed by atoms with Crippen LogP contribution in [0.3, 0.4) is 0 Å². The largest absolute Gasteiger partial charge is 0.492 e. The number of ether oxygens (including phenoxy) is 1. The standard InChI is InChI=1S/C18H23NO5/c1-11-12(2)17(22)19(16(11)21)9-10-24-14-7-5-13(6-8-14)15(20)18(3,4)23/h5-8,11-12,23H,9-10H2,1-4H3. The summed E-state index contributed by atoms with van der Waals surface area (Å²) in [6, 6.07) is 6.40. The van der Waals surface area contributed by atoms with Crippen molar-refractivity contribution in [3.8, 4) is 5.75 Å². The lowest BCUT2D eigenvalue weighted by molar-refractivity contribution is -0.140. The Kier molecular flexibility index (Phi) is 5.08. The first-order chi connectivity index (χ1) is 11.1. The van der Waals surface area contributed by atoms with Crippen LogP contribution >= 0.6 is 0 Å². The van der Waals surface area contributed by atoms with Crippen molar-refractivity contribution in [3.05, 3.63) is 29.8 Å². The van der Waals surface area contributed by atoms with Gasteiger partial charge in [0.15, 0.2) is 5.78 Å². The Bertz CT molecular complexity index is 624. The molecule has 2 unspecified atom stereocenters. The van der Waals surface area contributed by atoms with Crippen LogP contribution in [0.4, 0.5) is 0 Å². The lowest BCUT2D eigenvalue weighted by atomic mass is 9.97. The predicted octanol–water partition coefficient (Wildman–Crippen LogP) is 1.66. The molecule has 130 valence electrons. The van der Waals surface area contributed by atoms with Gasteiger partial charge in [-0.05, 0) is 38.1 Å². The van der Waals surface area contributed by atoms with E-state index in [4.69, 9.17) is 4.74 Å². The molecule has 1 N–H and O–H groups in total. The molecule has 0 aliphatic carbocycles. The van der Waals surface area contributed by atoms with Crippen molar-refractivity contribution in [2.75, 3.05) is 13.2 Å². The van der Waals surface area contributed by atoms with Crippen molar-refractivity contribution in [3.63, 3.8) is 0 Å². The number of benzene rings is 1. The number of hydrogen-bond donors (Lipinski definition) is 1. The van der Waals surface area contributed by atoms with E-state index in [0.29, 0.717) is 11.3 Å². The quantitative estimate of drug-likeness (QED) is 0.632. The Morgan fingerprint density at radius 3 is 2.08 bits per heavy atom. The number of amides is 2. The minimum absolute atomic E-state index is 0.165. The van der Waals surface area contributed by atoms with E-state index >= 15 is 0 Å². The Morgan fingerprint density at radius 2 is 1.62 bits per heavy atom. The van der Waals surface area contributed by atoms with Crippen molar-refractivity contribution in [1.82, 2.24) is 4.90 Å². The highest BCUT2D eigenvalue weighted by Gasteiger charge is 2.41. The Morgan fingerprint density at radius 1 is 1.12 bits per heavy atom. The summed E-state index contributed by atoms with van der Waals surface area (Å²) in [7, 11) is 0. The number of imide groups is 1. The summed E-state index contributed by atoms with van der Waals surface area (Å²) >= 11 is 0. The van der Waals surface area contributed by atoms with Gasteiger partial charge < -0.3 is 9.84 Å². The molecule has 0 bridgehead atoms. The third-order valence-electron chi connectivity index (χ3n) is 4.32. The minimum Gasteiger partial charge on any atom is -0.492 e. The molecule has 24 heavy (non-hydrogen) atoms. The molecular weight excluding hydrogens is 310 g/mol. The van der Waals surface area contributed by atoms with Crippen LogP contribution in [-0.2, 0) is 9.59 Å². The lowest BCUT2D eigenvalue weighted by Gasteiger charge is -2.16. The van der Waals surface area contributed by atoms with Gasteiger partial charge in [-0.3, -0.25) is 19.3 Å². The van der Waals surface area contributed by atoms with Gasteiger partial charge >= 0.3 is 0 Å². The highest BCUT2D eigenvalue weighted by Crippen LogP contribution is 2.25. The van der Waals surface area contributed by atoms with Gasteiger partial charge in [-0.25, -0.2) is 0 Å². The molecule has 1 fully saturated rings. The number of likely N-dealkylation sites (tertiary alicyclic amines) is 1. The van der Waals surface area contributed by atoms with Crippen molar-refractivity contribution in [2.45, 2.75) is 33.3 Å². The first-order valence-corrected chi connectivity index (χ1v) is 7.98. The fraction of sp³-hybridized carbons (Fsp3) is 0.500. The molecule has 2 atom stereocenters. The number of rotatable bonds is 6. The fourth-order valence-electron chi connectivity index (χ4n) is 2.56. The van der Waals surface area contributed by atoms with Gasteiger partial charge in [0.25, 0.3) is 0 Å². The van der Waals surface area contributed by atoms with Gasteiger partial charge in [-0.15, -0.1) is 0 Å². The lowest BCUT2D eigenvalue weighted by Crippen LogP contribution is -2.34. The molecule has 0 saturated carbocycles. The molecular formula is C18H23NO5. The Labute approximate surface area is 141 Å². The van der Waals surface area contributed by atoms with Gasteiger partial charge in [-0.2, -0.15) is 0 Å². The topological polar surface area (TPSA) is 83.9 Å². The fourth-order valence-corrected chi connectivity index (χ4v) is 2.56. The van der Waals surface area contributed by atoms with Crippen LogP contribution in [0, 0.1) is 11.8 Å². The molecule has 0 spiro atoms. The highest BCUT2D eigenvalue weighted by molar-refractivity contribution is 6.04. The molecule has 1 heterocycles. The molecule has 1 aliphatic heterocycles. The van der Waals surface area contributed by atoms with Crippen molar-refractivity contribution >= 4 is 17.6 Å². The van der Waals surface area contributed by atoms with Crippen molar-refractivity contribution < 1.29 is 24.2 Å². The van der Waals surface area contributed by atoms with E-state index in [1.807, 2.05) is 0 Å². The zero-order chi connectivity index (χ0) is 18.1. The summed E-state index contributed by atoms with van der Waals surface area (Å²) in [4.78, 5) is 37.1. The van der Waals surface area contributed by atoms with Gasteiger partial charge in [-0.1, -0.05) is 13.8 Å². The molecule has 1 aliphatic rings. The maximum Gasteiger partial charge on any atom is 0.232 e. The summed E-state index contributed by atoms with van der Waals surface area (Å²) in [5.41, 5.74) is -1.03. The second-order valence-electron chi connectivity index (χ2n) is 6.67. The first kappa shape index (κ1) is 18.1. The Balaban J connectivity index is 1.91. The third-order valence-corrected chi connectivity index (χ3v) is 4.32. The predicted molar refractivity (Wildman–Crippen MR) is 87.6 cm³/mol. The van der Waals surface area contributed by atoms with Crippen LogP contribution in [-0.4, -0.2) is 46.4 Å². The molecule has 2 rings (SSSR count). The number of nitrogens with zero attached hydrogens (tertiary/aromatic N) is 1. The van der Waals surface area contributed by atoms with Crippen molar-refractivity contribution in [2.24, 2.45) is 11.8 Å². The first-order valence-electron chi connectivity index (χ1n) is 7.98. The molecule has 0 radical (unpaired) electrons. The van der Waals surface area contributed by atoms with E-state index in [1.54, 1.807) is 38.1 Å². The van der Waals surface area contributed by atoms with Gasteiger partial charge in [0, 0.05) is 17.4 Å². The maximum absolute atomic E-state index is 12.0. The average molecular weight is 333 g/mol. The minimum atomic E-state index is -1.42.